The van der Waals surface area contributed by atoms with E-state index in [0.717, 1.165) is 10.7 Å². The molecule has 12 nitrogen and oxygen atoms in total. The average Bonchev–Trinajstić information content (AvgIpc) is 3.16. The molecule has 166 valence electrons. The standard InChI is InChI=1S/C18H21N5O7S/c1-11(24)19-8-13-10-23(14-7-12(21-18(25)26)3-4-15(14)30-13)31(27,28)16-9-20-22-5-2-6-29-17(16)22/h3-4,7,9,13,21H,2,5-6,8,10H2,1H3,(H,19,24)(H,25,26). The van der Waals surface area contributed by atoms with Crippen LogP contribution in [0.15, 0.2) is 29.3 Å². The van der Waals surface area contributed by atoms with Gasteiger partial charge in [0.05, 0.1) is 31.6 Å². The van der Waals surface area contributed by atoms with Crippen LogP contribution in [0.4, 0.5) is 16.2 Å². The van der Waals surface area contributed by atoms with Crippen molar-refractivity contribution < 1.29 is 32.6 Å². The van der Waals surface area contributed by atoms with Gasteiger partial charge in [-0.15, -0.1) is 0 Å². The Morgan fingerprint density at radius 3 is 2.90 bits per heavy atom. The summed E-state index contributed by atoms with van der Waals surface area (Å²) in [6.45, 7) is 2.27. The molecule has 1 aromatic carbocycles. The summed E-state index contributed by atoms with van der Waals surface area (Å²) in [7, 11) is -4.13. The van der Waals surface area contributed by atoms with Gasteiger partial charge in [0.25, 0.3) is 10.0 Å². The van der Waals surface area contributed by atoms with Gasteiger partial charge in [-0.3, -0.25) is 14.4 Å². The molecule has 3 N–H and O–H groups in total. The molecule has 2 aliphatic rings. The third-order valence-electron chi connectivity index (χ3n) is 4.80. The zero-order chi connectivity index (χ0) is 22.2. The largest absolute Gasteiger partial charge is 0.484 e. The summed E-state index contributed by atoms with van der Waals surface area (Å²) < 4.78 is 41.3. The number of carbonyl (C=O) groups excluding carboxylic acids is 1. The molecule has 0 spiro atoms. The molecule has 2 amide bonds. The lowest BCUT2D eigenvalue weighted by Crippen LogP contribution is -2.48. The van der Waals surface area contributed by atoms with E-state index in [1.54, 1.807) is 0 Å². The Balaban J connectivity index is 1.76. The van der Waals surface area contributed by atoms with Gasteiger partial charge in [-0.2, -0.15) is 5.10 Å². The molecular weight excluding hydrogens is 430 g/mol. The van der Waals surface area contributed by atoms with Crippen LogP contribution in [-0.4, -0.2) is 61.1 Å². The molecule has 1 unspecified atom stereocenters. The number of carboxylic acid groups (broad SMARTS) is 1. The molecule has 2 aromatic rings. The minimum absolute atomic E-state index is 0.0880. The van der Waals surface area contributed by atoms with Crippen molar-refractivity contribution in [3.05, 3.63) is 24.4 Å². The predicted molar refractivity (Wildman–Crippen MR) is 108 cm³/mol. The Labute approximate surface area is 177 Å². The van der Waals surface area contributed by atoms with Gasteiger partial charge in [-0.05, 0) is 18.2 Å². The summed E-state index contributed by atoms with van der Waals surface area (Å²) >= 11 is 0. The van der Waals surface area contributed by atoms with Crippen LogP contribution in [0.2, 0.25) is 0 Å². The lowest BCUT2D eigenvalue weighted by molar-refractivity contribution is -0.119. The number of sulfonamides is 1. The van der Waals surface area contributed by atoms with Crippen molar-refractivity contribution in [3.63, 3.8) is 0 Å². The van der Waals surface area contributed by atoms with Crippen molar-refractivity contribution in [1.29, 1.82) is 0 Å². The average molecular weight is 451 g/mol. The molecule has 0 radical (unpaired) electrons. The van der Waals surface area contributed by atoms with Gasteiger partial charge in [0.15, 0.2) is 4.90 Å². The molecule has 2 aliphatic heterocycles. The summed E-state index contributed by atoms with van der Waals surface area (Å²) in [6, 6.07) is 4.32. The first-order valence-corrected chi connectivity index (χ1v) is 11.0. The quantitative estimate of drug-likeness (QED) is 0.605. The zero-order valence-corrected chi connectivity index (χ0v) is 17.4. The fourth-order valence-electron chi connectivity index (χ4n) is 3.45. The number of rotatable bonds is 5. The molecule has 31 heavy (non-hydrogen) atoms. The van der Waals surface area contributed by atoms with Crippen molar-refractivity contribution in [2.75, 3.05) is 29.3 Å². The van der Waals surface area contributed by atoms with Crippen molar-refractivity contribution in [2.45, 2.75) is 30.9 Å². The molecule has 3 heterocycles. The number of amides is 2. The van der Waals surface area contributed by atoms with E-state index in [4.69, 9.17) is 14.6 Å². The molecule has 0 aliphatic carbocycles. The third kappa shape index (κ3) is 4.08. The monoisotopic (exact) mass is 451 g/mol. The highest BCUT2D eigenvalue weighted by atomic mass is 32.2. The van der Waals surface area contributed by atoms with E-state index in [2.05, 4.69) is 15.7 Å². The van der Waals surface area contributed by atoms with Crippen LogP contribution in [0.1, 0.15) is 13.3 Å². The van der Waals surface area contributed by atoms with Gasteiger partial charge in [0.1, 0.15) is 11.9 Å². The topological polar surface area (TPSA) is 152 Å². The third-order valence-corrected chi connectivity index (χ3v) is 6.56. The van der Waals surface area contributed by atoms with E-state index < -0.39 is 22.2 Å². The highest BCUT2D eigenvalue weighted by molar-refractivity contribution is 7.93. The van der Waals surface area contributed by atoms with E-state index in [9.17, 15) is 18.0 Å². The summed E-state index contributed by atoms with van der Waals surface area (Å²) in [6.07, 6.45) is 0.0238. The van der Waals surface area contributed by atoms with Crippen LogP contribution < -0.4 is 24.4 Å². The van der Waals surface area contributed by atoms with E-state index in [1.807, 2.05) is 0 Å². The van der Waals surface area contributed by atoms with Crippen LogP contribution in [-0.2, 0) is 21.4 Å². The number of benzene rings is 1. The Hall–Kier alpha value is -3.48. The first kappa shape index (κ1) is 20.8. The van der Waals surface area contributed by atoms with E-state index in [1.165, 1.54) is 36.0 Å². The number of ether oxygens (including phenoxy) is 2. The maximum atomic E-state index is 13.6. The van der Waals surface area contributed by atoms with Crippen LogP contribution >= 0.6 is 0 Å². The molecule has 1 atom stereocenters. The van der Waals surface area contributed by atoms with E-state index in [0.29, 0.717) is 13.2 Å². The molecule has 0 fully saturated rings. The van der Waals surface area contributed by atoms with Gasteiger partial charge >= 0.3 is 6.09 Å². The number of aryl methyl sites for hydroxylation is 1. The molecule has 13 heteroatoms. The second-order valence-corrected chi connectivity index (χ2v) is 8.90. The van der Waals surface area contributed by atoms with E-state index >= 15 is 0 Å². The van der Waals surface area contributed by atoms with Gasteiger partial charge in [-0.25, -0.2) is 17.9 Å². The number of hydrogen-bond acceptors (Lipinski definition) is 7. The number of fused-ring (bicyclic) bond motifs is 2. The molecule has 0 saturated carbocycles. The number of carbonyl (C=O) groups is 2. The second kappa shape index (κ2) is 7.98. The van der Waals surface area contributed by atoms with E-state index in [-0.39, 0.29) is 46.9 Å². The maximum Gasteiger partial charge on any atom is 0.409 e. The molecular formula is C18H21N5O7S. The number of nitrogens with one attached hydrogen (secondary N) is 2. The predicted octanol–water partition coefficient (Wildman–Crippen LogP) is 0.848. The summed E-state index contributed by atoms with van der Waals surface area (Å²) in [5.41, 5.74) is 0.352. The highest BCUT2D eigenvalue weighted by Crippen LogP contribution is 2.40. The minimum Gasteiger partial charge on any atom is -0.484 e. The molecule has 4 rings (SSSR count). The number of aromatic nitrogens is 2. The molecule has 0 saturated heterocycles. The van der Waals surface area contributed by atoms with Crippen molar-refractivity contribution in [3.8, 4) is 11.6 Å². The molecule has 1 aromatic heterocycles. The van der Waals surface area contributed by atoms with Crippen molar-refractivity contribution in [1.82, 2.24) is 15.1 Å². The Kier molecular flexibility index (Phi) is 5.35. The van der Waals surface area contributed by atoms with Crippen LogP contribution in [0.25, 0.3) is 0 Å². The Morgan fingerprint density at radius 2 is 2.16 bits per heavy atom. The van der Waals surface area contributed by atoms with Crippen molar-refractivity contribution >= 4 is 33.4 Å². The lowest BCUT2D eigenvalue weighted by atomic mass is 10.2. The minimum atomic E-state index is -4.13. The number of nitrogens with zero attached hydrogens (tertiary/aromatic N) is 3. The van der Waals surface area contributed by atoms with Gasteiger partial charge in [0, 0.05) is 25.6 Å². The Bertz CT molecular complexity index is 1130. The molecule has 0 bridgehead atoms. The highest BCUT2D eigenvalue weighted by Gasteiger charge is 2.38. The maximum absolute atomic E-state index is 13.6. The number of anilines is 2. The van der Waals surface area contributed by atoms with Crippen molar-refractivity contribution in [2.24, 2.45) is 0 Å². The van der Waals surface area contributed by atoms with Gasteiger partial charge < -0.3 is 19.9 Å². The summed E-state index contributed by atoms with van der Waals surface area (Å²) in [5, 5.41) is 17.9. The zero-order valence-electron chi connectivity index (χ0n) is 16.6. The fourth-order valence-corrected chi connectivity index (χ4v) is 5.01. The smallest absolute Gasteiger partial charge is 0.409 e. The first-order valence-electron chi connectivity index (χ1n) is 9.52. The Morgan fingerprint density at radius 1 is 1.35 bits per heavy atom. The van der Waals surface area contributed by atoms with Crippen LogP contribution in [0, 0.1) is 0 Å². The van der Waals surface area contributed by atoms with Crippen LogP contribution in [0.3, 0.4) is 0 Å². The SMILES string of the molecule is CC(=O)NCC1CN(S(=O)(=O)c2cnn3c2OCCC3)c2cc(NC(=O)O)ccc2O1. The first-order chi connectivity index (χ1) is 14.8. The van der Waals surface area contributed by atoms with Gasteiger partial charge in [0.2, 0.25) is 11.8 Å². The van der Waals surface area contributed by atoms with Gasteiger partial charge in [-0.1, -0.05) is 0 Å². The summed E-state index contributed by atoms with van der Waals surface area (Å²) in [5.74, 6) is 0.129. The summed E-state index contributed by atoms with van der Waals surface area (Å²) in [4.78, 5) is 22.2. The van der Waals surface area contributed by atoms with Crippen LogP contribution in [0.5, 0.6) is 11.6 Å². The lowest BCUT2D eigenvalue weighted by Gasteiger charge is -2.35. The number of hydrogen-bond donors (Lipinski definition) is 3. The second-order valence-electron chi connectivity index (χ2n) is 7.06. The fraction of sp³-hybridized carbons (Fsp3) is 0.389. The normalized spacial score (nSPS) is 17.6.